The standard InChI is InChI=1S/C7H15N3O3S/c1-9(14(8,12)13)6-7(11)10-4-2-3-5-10/h2-6H2,1H3,(H2,8,12,13). The molecule has 1 rings (SSSR count). The highest BCUT2D eigenvalue weighted by molar-refractivity contribution is 7.86. The van der Waals surface area contributed by atoms with E-state index in [9.17, 15) is 13.2 Å². The minimum Gasteiger partial charge on any atom is -0.342 e. The van der Waals surface area contributed by atoms with E-state index in [0.29, 0.717) is 0 Å². The van der Waals surface area contributed by atoms with Crippen molar-refractivity contribution in [3.8, 4) is 0 Å². The van der Waals surface area contributed by atoms with E-state index >= 15 is 0 Å². The van der Waals surface area contributed by atoms with Crippen LogP contribution in [0.2, 0.25) is 0 Å². The number of likely N-dealkylation sites (tertiary alicyclic amines) is 1. The fraction of sp³-hybridized carbons (Fsp3) is 0.857. The molecule has 1 heterocycles. The molecule has 1 aliphatic heterocycles. The number of nitrogens with zero attached hydrogens (tertiary/aromatic N) is 2. The molecule has 0 atom stereocenters. The van der Waals surface area contributed by atoms with Gasteiger partial charge in [0.05, 0.1) is 6.54 Å². The summed E-state index contributed by atoms with van der Waals surface area (Å²) in [6.07, 6.45) is 1.98. The minimum atomic E-state index is -3.74. The van der Waals surface area contributed by atoms with Gasteiger partial charge < -0.3 is 4.90 Å². The van der Waals surface area contributed by atoms with Gasteiger partial charge in [-0.1, -0.05) is 0 Å². The van der Waals surface area contributed by atoms with Crippen LogP contribution in [0, 0.1) is 0 Å². The summed E-state index contributed by atoms with van der Waals surface area (Å²) in [4.78, 5) is 13.1. The maximum atomic E-state index is 11.5. The molecule has 0 saturated carbocycles. The zero-order chi connectivity index (χ0) is 10.8. The normalized spacial score (nSPS) is 17.8. The molecule has 7 heteroatoms. The van der Waals surface area contributed by atoms with E-state index < -0.39 is 10.2 Å². The van der Waals surface area contributed by atoms with E-state index in [1.807, 2.05) is 0 Å². The Morgan fingerprint density at radius 1 is 1.43 bits per heavy atom. The topological polar surface area (TPSA) is 83.7 Å². The van der Waals surface area contributed by atoms with Gasteiger partial charge in [-0.2, -0.15) is 12.7 Å². The third-order valence-electron chi connectivity index (χ3n) is 2.25. The lowest BCUT2D eigenvalue weighted by Crippen LogP contribution is -2.42. The average molecular weight is 221 g/mol. The molecule has 1 fully saturated rings. The van der Waals surface area contributed by atoms with E-state index in [1.165, 1.54) is 7.05 Å². The van der Waals surface area contributed by atoms with Gasteiger partial charge in [0.2, 0.25) is 5.91 Å². The first-order chi connectivity index (χ1) is 6.41. The van der Waals surface area contributed by atoms with Crippen LogP contribution in [0.25, 0.3) is 0 Å². The molecule has 0 aromatic carbocycles. The molecule has 1 aliphatic rings. The first-order valence-electron chi connectivity index (χ1n) is 4.43. The van der Waals surface area contributed by atoms with Crippen LogP contribution in [0.5, 0.6) is 0 Å². The summed E-state index contributed by atoms with van der Waals surface area (Å²) in [6, 6.07) is 0. The van der Waals surface area contributed by atoms with Crippen molar-refractivity contribution in [3.05, 3.63) is 0 Å². The highest BCUT2D eigenvalue weighted by atomic mass is 32.2. The number of likely N-dealkylation sites (N-methyl/N-ethyl adjacent to an activating group) is 1. The van der Waals surface area contributed by atoms with Crippen LogP contribution in [0.1, 0.15) is 12.8 Å². The number of hydrogen-bond donors (Lipinski definition) is 1. The second kappa shape index (κ2) is 4.24. The van der Waals surface area contributed by atoms with Gasteiger partial charge in [0, 0.05) is 20.1 Å². The number of carbonyl (C=O) groups is 1. The van der Waals surface area contributed by atoms with Crippen molar-refractivity contribution in [2.75, 3.05) is 26.7 Å². The second-order valence-corrected chi connectivity index (χ2v) is 5.04. The molecule has 0 unspecified atom stereocenters. The summed E-state index contributed by atoms with van der Waals surface area (Å²) in [5.74, 6) is -0.181. The maximum absolute atomic E-state index is 11.5. The van der Waals surface area contributed by atoms with Crippen LogP contribution in [0.15, 0.2) is 0 Å². The second-order valence-electron chi connectivity index (χ2n) is 3.39. The van der Waals surface area contributed by atoms with Crippen molar-refractivity contribution in [2.45, 2.75) is 12.8 Å². The van der Waals surface area contributed by atoms with Gasteiger partial charge in [-0.25, -0.2) is 5.14 Å². The third kappa shape index (κ3) is 2.93. The van der Waals surface area contributed by atoms with Gasteiger partial charge in [0.1, 0.15) is 0 Å². The van der Waals surface area contributed by atoms with Crippen molar-refractivity contribution in [3.63, 3.8) is 0 Å². The van der Waals surface area contributed by atoms with Gasteiger partial charge in [-0.15, -0.1) is 0 Å². The van der Waals surface area contributed by atoms with Crippen LogP contribution >= 0.6 is 0 Å². The van der Waals surface area contributed by atoms with E-state index in [1.54, 1.807) is 4.90 Å². The van der Waals surface area contributed by atoms with Gasteiger partial charge in [-0.3, -0.25) is 4.79 Å². The quantitative estimate of drug-likeness (QED) is 0.646. The molecule has 0 aromatic heterocycles. The molecule has 0 aromatic rings. The summed E-state index contributed by atoms with van der Waals surface area (Å²) in [5, 5.41) is 4.85. The van der Waals surface area contributed by atoms with Gasteiger partial charge in [0.15, 0.2) is 0 Å². The Kier molecular flexibility index (Phi) is 3.46. The predicted octanol–water partition coefficient (Wildman–Crippen LogP) is -1.26. The number of hydrogen-bond acceptors (Lipinski definition) is 3. The summed E-state index contributed by atoms with van der Waals surface area (Å²) in [5.41, 5.74) is 0. The smallest absolute Gasteiger partial charge is 0.277 e. The summed E-state index contributed by atoms with van der Waals surface area (Å²) >= 11 is 0. The first kappa shape index (κ1) is 11.4. The van der Waals surface area contributed by atoms with Gasteiger partial charge in [-0.05, 0) is 12.8 Å². The summed E-state index contributed by atoms with van der Waals surface area (Å²) < 4.78 is 22.5. The molecule has 1 saturated heterocycles. The van der Waals surface area contributed by atoms with E-state index in [4.69, 9.17) is 5.14 Å². The number of carbonyl (C=O) groups excluding carboxylic acids is 1. The molecule has 6 nitrogen and oxygen atoms in total. The van der Waals surface area contributed by atoms with Crippen LogP contribution in [0.4, 0.5) is 0 Å². The Hall–Kier alpha value is -0.660. The monoisotopic (exact) mass is 221 g/mol. The Balaban J connectivity index is 2.48. The molecule has 0 spiro atoms. The lowest BCUT2D eigenvalue weighted by Gasteiger charge is -2.19. The number of nitrogens with two attached hydrogens (primary N) is 1. The highest BCUT2D eigenvalue weighted by Gasteiger charge is 2.22. The highest BCUT2D eigenvalue weighted by Crippen LogP contribution is 2.07. The molecule has 0 bridgehead atoms. The van der Waals surface area contributed by atoms with Crippen LogP contribution in [-0.2, 0) is 15.0 Å². The molecule has 0 radical (unpaired) electrons. The zero-order valence-electron chi connectivity index (χ0n) is 8.14. The SMILES string of the molecule is CN(CC(=O)N1CCCC1)S(N)(=O)=O. The minimum absolute atomic E-state index is 0.168. The summed E-state index contributed by atoms with van der Waals surface area (Å²) in [6.45, 7) is 1.27. The van der Waals surface area contributed by atoms with E-state index in [-0.39, 0.29) is 12.5 Å². The maximum Gasteiger partial charge on any atom is 0.277 e. The summed E-state index contributed by atoms with van der Waals surface area (Å²) in [7, 11) is -2.45. The third-order valence-corrected chi connectivity index (χ3v) is 3.25. The van der Waals surface area contributed by atoms with Gasteiger partial charge >= 0.3 is 0 Å². The molecule has 0 aliphatic carbocycles. The van der Waals surface area contributed by atoms with Crippen molar-refractivity contribution < 1.29 is 13.2 Å². The number of amides is 1. The fourth-order valence-electron chi connectivity index (χ4n) is 1.35. The van der Waals surface area contributed by atoms with E-state index in [0.717, 1.165) is 30.2 Å². The van der Waals surface area contributed by atoms with Crippen molar-refractivity contribution in [2.24, 2.45) is 5.14 Å². The van der Waals surface area contributed by atoms with E-state index in [2.05, 4.69) is 0 Å². The number of rotatable bonds is 3. The van der Waals surface area contributed by atoms with Crippen molar-refractivity contribution in [1.82, 2.24) is 9.21 Å². The molecule has 2 N–H and O–H groups in total. The van der Waals surface area contributed by atoms with Crippen molar-refractivity contribution in [1.29, 1.82) is 0 Å². The Morgan fingerprint density at radius 3 is 2.36 bits per heavy atom. The average Bonchev–Trinajstić information content (AvgIpc) is 2.53. The first-order valence-corrected chi connectivity index (χ1v) is 5.93. The molecular formula is C7H15N3O3S. The van der Waals surface area contributed by atoms with Crippen LogP contribution in [0.3, 0.4) is 0 Å². The molecule has 14 heavy (non-hydrogen) atoms. The molecule has 82 valence electrons. The Bertz CT molecular complexity index is 308. The molecule has 1 amide bonds. The van der Waals surface area contributed by atoms with Crippen molar-refractivity contribution >= 4 is 16.1 Å². The lowest BCUT2D eigenvalue weighted by molar-refractivity contribution is -0.130. The largest absolute Gasteiger partial charge is 0.342 e. The van der Waals surface area contributed by atoms with Crippen LogP contribution < -0.4 is 5.14 Å². The lowest BCUT2D eigenvalue weighted by atomic mass is 10.4. The fourth-order valence-corrected chi connectivity index (χ4v) is 1.64. The van der Waals surface area contributed by atoms with Crippen LogP contribution in [-0.4, -0.2) is 50.2 Å². The van der Waals surface area contributed by atoms with Gasteiger partial charge in [0.25, 0.3) is 10.2 Å². The Labute approximate surface area is 83.8 Å². The predicted molar refractivity (Wildman–Crippen MR) is 51.6 cm³/mol. The Morgan fingerprint density at radius 2 is 1.93 bits per heavy atom. The zero-order valence-corrected chi connectivity index (χ0v) is 8.96. The molecular weight excluding hydrogens is 206 g/mol.